The van der Waals surface area contributed by atoms with Crippen LogP contribution in [0.15, 0.2) is 71.6 Å². The van der Waals surface area contributed by atoms with Crippen LogP contribution in [0.4, 0.5) is 5.69 Å². The van der Waals surface area contributed by atoms with E-state index < -0.39 is 28.5 Å². The van der Waals surface area contributed by atoms with E-state index in [1.807, 2.05) is 13.8 Å². The topological polar surface area (TPSA) is 86.8 Å². The Labute approximate surface area is 262 Å². The maximum Gasteiger partial charge on any atom is 0.264 e. The molecule has 1 fully saturated rings. The quantitative estimate of drug-likeness (QED) is 0.242. The first-order valence-electron chi connectivity index (χ1n) is 13.9. The Kier molecular flexibility index (Phi) is 10.8. The van der Waals surface area contributed by atoms with Gasteiger partial charge < -0.3 is 10.2 Å². The number of benzene rings is 3. The molecule has 1 N–H and O–H groups in total. The molecule has 1 saturated carbocycles. The molecule has 0 aromatic heterocycles. The molecule has 0 bridgehead atoms. The highest BCUT2D eigenvalue weighted by molar-refractivity contribution is 7.92. The molecule has 0 spiro atoms. The number of halogens is 3. The molecule has 1 aliphatic carbocycles. The van der Waals surface area contributed by atoms with Gasteiger partial charge in [-0.2, -0.15) is 0 Å². The summed E-state index contributed by atoms with van der Waals surface area (Å²) in [7, 11) is -4.22. The van der Waals surface area contributed by atoms with E-state index in [4.69, 9.17) is 34.8 Å². The van der Waals surface area contributed by atoms with E-state index >= 15 is 0 Å². The Bertz CT molecular complexity index is 1530. The monoisotopic (exact) mass is 649 g/mol. The van der Waals surface area contributed by atoms with Crippen LogP contribution >= 0.6 is 34.8 Å². The van der Waals surface area contributed by atoms with Crippen molar-refractivity contribution in [3.63, 3.8) is 0 Å². The Morgan fingerprint density at radius 2 is 1.62 bits per heavy atom. The number of nitrogens with one attached hydrogen (secondary N) is 1. The summed E-state index contributed by atoms with van der Waals surface area (Å²) >= 11 is 19.1. The molecule has 3 aromatic carbocycles. The second-order valence-electron chi connectivity index (χ2n) is 10.4. The van der Waals surface area contributed by atoms with Crippen LogP contribution in [0.1, 0.15) is 50.2 Å². The zero-order valence-electron chi connectivity index (χ0n) is 23.5. The van der Waals surface area contributed by atoms with Crippen LogP contribution in [0.2, 0.25) is 15.1 Å². The predicted octanol–water partition coefficient (Wildman–Crippen LogP) is 7.02. The summed E-state index contributed by atoms with van der Waals surface area (Å²) in [4.78, 5) is 29.2. The lowest BCUT2D eigenvalue weighted by molar-refractivity contribution is -0.140. The minimum Gasteiger partial charge on any atom is -0.352 e. The number of aryl methyl sites for hydroxylation is 1. The Morgan fingerprint density at radius 1 is 0.952 bits per heavy atom. The third-order valence-corrected chi connectivity index (χ3v) is 10.1. The van der Waals surface area contributed by atoms with E-state index in [1.165, 1.54) is 17.0 Å². The van der Waals surface area contributed by atoms with Crippen LogP contribution in [0, 0.1) is 6.92 Å². The lowest BCUT2D eigenvalue weighted by Crippen LogP contribution is -2.53. The number of anilines is 1. The maximum absolute atomic E-state index is 14.2. The van der Waals surface area contributed by atoms with Gasteiger partial charge in [0.1, 0.15) is 12.6 Å². The van der Waals surface area contributed by atoms with Gasteiger partial charge >= 0.3 is 0 Å². The normalized spacial score (nSPS) is 14.4. The number of hydrogen-bond donors (Lipinski definition) is 1. The Balaban J connectivity index is 1.74. The van der Waals surface area contributed by atoms with Crippen LogP contribution in [0.5, 0.6) is 0 Å². The number of carbonyl (C=O) groups is 2. The van der Waals surface area contributed by atoms with Crippen molar-refractivity contribution in [1.82, 2.24) is 10.2 Å². The van der Waals surface area contributed by atoms with Crippen LogP contribution in [-0.2, 0) is 26.2 Å². The molecule has 0 aliphatic heterocycles. The number of para-hydroxylation sites is 1. The lowest BCUT2D eigenvalue weighted by Gasteiger charge is -2.34. The molecule has 4 rings (SSSR count). The fourth-order valence-electron chi connectivity index (χ4n) is 5.13. The fourth-order valence-corrected chi connectivity index (χ4v) is 7.31. The van der Waals surface area contributed by atoms with Gasteiger partial charge in [-0.15, -0.1) is 0 Å². The van der Waals surface area contributed by atoms with Gasteiger partial charge in [-0.05, 0) is 68.1 Å². The van der Waals surface area contributed by atoms with Crippen molar-refractivity contribution in [3.05, 3.63) is 92.9 Å². The molecular weight excluding hydrogens is 617 g/mol. The summed E-state index contributed by atoms with van der Waals surface area (Å²) in [5, 5.41) is 4.02. The molecule has 7 nitrogen and oxygen atoms in total. The largest absolute Gasteiger partial charge is 0.352 e. The minimum absolute atomic E-state index is 0.0131. The number of hydrogen-bond acceptors (Lipinski definition) is 4. The van der Waals surface area contributed by atoms with Crippen molar-refractivity contribution in [2.45, 2.75) is 69.5 Å². The average molecular weight is 651 g/mol. The van der Waals surface area contributed by atoms with Gasteiger partial charge in [0.25, 0.3) is 10.0 Å². The molecule has 42 heavy (non-hydrogen) atoms. The van der Waals surface area contributed by atoms with Crippen LogP contribution in [-0.4, -0.2) is 43.8 Å². The molecule has 11 heteroatoms. The maximum atomic E-state index is 14.2. The minimum atomic E-state index is -4.22. The highest BCUT2D eigenvalue weighted by Gasteiger charge is 2.35. The van der Waals surface area contributed by atoms with Gasteiger partial charge in [0.15, 0.2) is 0 Å². The summed E-state index contributed by atoms with van der Waals surface area (Å²) in [6, 6.07) is 16.9. The van der Waals surface area contributed by atoms with Crippen molar-refractivity contribution in [1.29, 1.82) is 0 Å². The molecule has 3 aromatic rings. The number of sulfonamides is 1. The number of carbonyl (C=O) groups excluding carboxylic acids is 2. The molecule has 1 atom stereocenters. The molecule has 0 unspecified atom stereocenters. The first kappa shape index (κ1) is 32.1. The molecule has 224 valence electrons. The summed E-state index contributed by atoms with van der Waals surface area (Å²) < 4.78 is 29.0. The van der Waals surface area contributed by atoms with Crippen molar-refractivity contribution in [3.8, 4) is 0 Å². The number of rotatable bonds is 11. The number of nitrogens with zero attached hydrogens (tertiary/aromatic N) is 2. The van der Waals surface area contributed by atoms with Gasteiger partial charge in [0.2, 0.25) is 11.8 Å². The zero-order chi connectivity index (χ0) is 30.4. The standard InChI is InChI=1S/C31H34Cl3N3O4S/c1-3-28(31(39)35-24-8-4-5-9-24)36(19-22-14-15-23(32)18-27(22)34)30(38)20-37(29-11-7-6-10-26(29)33)42(40,41)25-16-12-21(2)13-17-25/h6-7,10-18,24,28H,3-5,8-9,19-20H2,1-2H3,(H,35,39)/t28-/m1/s1. The highest BCUT2D eigenvalue weighted by atomic mass is 35.5. The van der Waals surface area contributed by atoms with Gasteiger partial charge in [0, 0.05) is 22.6 Å². The predicted molar refractivity (Wildman–Crippen MR) is 169 cm³/mol. The Morgan fingerprint density at radius 3 is 2.24 bits per heavy atom. The third kappa shape index (κ3) is 7.59. The molecule has 0 radical (unpaired) electrons. The first-order chi connectivity index (χ1) is 20.0. The van der Waals surface area contributed by atoms with E-state index in [-0.39, 0.29) is 34.1 Å². The molecular formula is C31H34Cl3N3O4S. The number of amides is 2. The van der Waals surface area contributed by atoms with E-state index in [0.29, 0.717) is 22.0 Å². The highest BCUT2D eigenvalue weighted by Crippen LogP contribution is 2.31. The van der Waals surface area contributed by atoms with Gasteiger partial charge in [-0.3, -0.25) is 13.9 Å². The lowest BCUT2D eigenvalue weighted by atomic mass is 10.1. The molecule has 1 aliphatic rings. The van der Waals surface area contributed by atoms with E-state index in [9.17, 15) is 18.0 Å². The third-order valence-electron chi connectivity index (χ3n) is 7.45. The van der Waals surface area contributed by atoms with E-state index in [2.05, 4.69) is 5.32 Å². The smallest absolute Gasteiger partial charge is 0.264 e. The van der Waals surface area contributed by atoms with Crippen LogP contribution in [0.25, 0.3) is 0 Å². The second-order valence-corrected chi connectivity index (χ2v) is 13.6. The van der Waals surface area contributed by atoms with Gasteiger partial charge in [-0.25, -0.2) is 8.42 Å². The van der Waals surface area contributed by atoms with Gasteiger partial charge in [-0.1, -0.05) is 90.5 Å². The van der Waals surface area contributed by atoms with Crippen LogP contribution < -0.4 is 9.62 Å². The molecule has 0 saturated heterocycles. The van der Waals surface area contributed by atoms with E-state index in [0.717, 1.165) is 35.6 Å². The van der Waals surface area contributed by atoms with Gasteiger partial charge in [0.05, 0.1) is 15.6 Å². The molecule has 2 amide bonds. The Hall–Kier alpha value is -2.78. The first-order valence-corrected chi connectivity index (χ1v) is 16.5. The zero-order valence-corrected chi connectivity index (χ0v) is 26.6. The van der Waals surface area contributed by atoms with E-state index in [1.54, 1.807) is 54.6 Å². The summed E-state index contributed by atoms with van der Waals surface area (Å²) in [6.07, 6.45) is 4.15. The SMILES string of the molecule is CC[C@H](C(=O)NC1CCCC1)N(Cc1ccc(Cl)cc1Cl)C(=O)CN(c1ccccc1Cl)S(=O)(=O)c1ccc(C)cc1. The summed E-state index contributed by atoms with van der Waals surface area (Å²) in [5.74, 6) is -0.862. The fraction of sp³-hybridized carbons (Fsp3) is 0.355. The molecule has 0 heterocycles. The average Bonchev–Trinajstić information content (AvgIpc) is 3.46. The summed E-state index contributed by atoms with van der Waals surface area (Å²) in [5.41, 5.74) is 1.62. The van der Waals surface area contributed by atoms with Crippen LogP contribution in [0.3, 0.4) is 0 Å². The second kappa shape index (κ2) is 14.1. The van der Waals surface area contributed by atoms with Crippen molar-refractivity contribution < 1.29 is 18.0 Å². The van der Waals surface area contributed by atoms with Crippen molar-refractivity contribution >= 4 is 62.3 Å². The van der Waals surface area contributed by atoms with Crippen molar-refractivity contribution in [2.24, 2.45) is 0 Å². The summed E-state index contributed by atoms with van der Waals surface area (Å²) in [6.45, 7) is 3.06. The van der Waals surface area contributed by atoms with Crippen molar-refractivity contribution in [2.75, 3.05) is 10.8 Å².